The average molecular weight is 267 g/mol. The van der Waals surface area contributed by atoms with Gasteiger partial charge in [-0.1, -0.05) is 24.6 Å². The standard InChI is InChI=1S/C15H25NOS/c1-5-16-14(10-17-12(2)3)11-18-15-8-6-7-13(4)9-15/h6-9,12,14,16H,5,10-11H2,1-4H3. The molecule has 0 bridgehead atoms. The fraction of sp³-hybridized carbons (Fsp3) is 0.600. The zero-order valence-corrected chi connectivity index (χ0v) is 12.7. The molecule has 1 rings (SSSR count). The van der Waals surface area contributed by atoms with Gasteiger partial charge in [-0.05, 0) is 39.4 Å². The van der Waals surface area contributed by atoms with Crippen LogP contribution in [0.15, 0.2) is 29.2 Å². The Kier molecular flexibility index (Phi) is 7.40. The third-order valence-electron chi connectivity index (χ3n) is 2.56. The second-order valence-corrected chi connectivity index (χ2v) is 5.86. The fourth-order valence-corrected chi connectivity index (χ4v) is 2.72. The molecule has 0 aliphatic carbocycles. The lowest BCUT2D eigenvalue weighted by Crippen LogP contribution is -2.36. The van der Waals surface area contributed by atoms with Crippen molar-refractivity contribution in [2.75, 3.05) is 18.9 Å². The molecule has 2 nitrogen and oxygen atoms in total. The molecule has 0 saturated carbocycles. The van der Waals surface area contributed by atoms with Crippen molar-refractivity contribution >= 4 is 11.8 Å². The number of ether oxygens (including phenoxy) is 1. The Balaban J connectivity index is 2.41. The molecule has 18 heavy (non-hydrogen) atoms. The van der Waals surface area contributed by atoms with Gasteiger partial charge in [0.1, 0.15) is 0 Å². The van der Waals surface area contributed by atoms with Gasteiger partial charge in [-0.3, -0.25) is 0 Å². The molecule has 1 aromatic rings. The van der Waals surface area contributed by atoms with E-state index >= 15 is 0 Å². The highest BCUT2D eigenvalue weighted by atomic mass is 32.2. The van der Waals surface area contributed by atoms with E-state index in [-0.39, 0.29) is 0 Å². The number of thioether (sulfide) groups is 1. The van der Waals surface area contributed by atoms with Crippen LogP contribution in [0.4, 0.5) is 0 Å². The van der Waals surface area contributed by atoms with E-state index in [1.807, 2.05) is 11.8 Å². The van der Waals surface area contributed by atoms with Gasteiger partial charge in [0.2, 0.25) is 0 Å². The highest BCUT2D eigenvalue weighted by Gasteiger charge is 2.09. The van der Waals surface area contributed by atoms with Crippen molar-refractivity contribution < 1.29 is 4.74 Å². The average Bonchev–Trinajstić information content (AvgIpc) is 2.32. The number of benzene rings is 1. The summed E-state index contributed by atoms with van der Waals surface area (Å²) in [6, 6.07) is 9.07. The number of hydrogen-bond donors (Lipinski definition) is 1. The Morgan fingerprint density at radius 3 is 2.72 bits per heavy atom. The topological polar surface area (TPSA) is 21.3 Å². The predicted octanol–water partition coefficient (Wildman–Crippen LogP) is 3.49. The lowest BCUT2D eigenvalue weighted by molar-refractivity contribution is 0.0658. The van der Waals surface area contributed by atoms with Crippen LogP contribution in [-0.2, 0) is 4.74 Å². The summed E-state index contributed by atoms with van der Waals surface area (Å²) in [5.41, 5.74) is 1.32. The summed E-state index contributed by atoms with van der Waals surface area (Å²) in [4.78, 5) is 1.34. The summed E-state index contributed by atoms with van der Waals surface area (Å²) in [7, 11) is 0. The molecular formula is C15H25NOS. The lowest BCUT2D eigenvalue weighted by atomic mass is 10.2. The van der Waals surface area contributed by atoms with Crippen LogP contribution in [0.5, 0.6) is 0 Å². The van der Waals surface area contributed by atoms with Crippen LogP contribution in [0.1, 0.15) is 26.3 Å². The molecule has 0 aromatic heterocycles. The first-order valence-corrected chi connectivity index (χ1v) is 7.64. The summed E-state index contributed by atoms with van der Waals surface area (Å²) >= 11 is 1.89. The molecule has 1 unspecified atom stereocenters. The van der Waals surface area contributed by atoms with Crippen LogP contribution >= 0.6 is 11.8 Å². The third kappa shape index (κ3) is 6.43. The van der Waals surface area contributed by atoms with Crippen molar-refractivity contribution in [2.24, 2.45) is 0 Å². The zero-order chi connectivity index (χ0) is 13.4. The largest absolute Gasteiger partial charge is 0.377 e. The molecule has 0 saturated heterocycles. The minimum atomic E-state index is 0.301. The molecule has 3 heteroatoms. The Labute approximate surface area is 116 Å². The van der Waals surface area contributed by atoms with E-state index in [1.54, 1.807) is 0 Å². The van der Waals surface area contributed by atoms with E-state index in [9.17, 15) is 0 Å². The summed E-state index contributed by atoms with van der Waals surface area (Å²) in [5, 5.41) is 3.48. The normalized spacial score (nSPS) is 12.9. The summed E-state index contributed by atoms with van der Waals surface area (Å²) in [6.45, 7) is 10.2. The molecule has 0 radical (unpaired) electrons. The van der Waals surface area contributed by atoms with Gasteiger partial charge in [0, 0.05) is 16.7 Å². The van der Waals surface area contributed by atoms with E-state index in [2.05, 4.69) is 57.3 Å². The van der Waals surface area contributed by atoms with E-state index in [4.69, 9.17) is 4.74 Å². The zero-order valence-electron chi connectivity index (χ0n) is 11.9. The van der Waals surface area contributed by atoms with Crippen molar-refractivity contribution in [3.8, 4) is 0 Å². The van der Waals surface area contributed by atoms with Crippen molar-refractivity contribution in [3.63, 3.8) is 0 Å². The highest BCUT2D eigenvalue weighted by molar-refractivity contribution is 7.99. The van der Waals surface area contributed by atoms with Gasteiger partial charge in [-0.15, -0.1) is 11.8 Å². The Hall–Kier alpha value is -0.510. The van der Waals surface area contributed by atoms with Gasteiger partial charge in [0.15, 0.2) is 0 Å². The number of likely N-dealkylation sites (N-methyl/N-ethyl adjacent to an activating group) is 1. The maximum absolute atomic E-state index is 5.69. The van der Waals surface area contributed by atoms with Gasteiger partial charge in [0.25, 0.3) is 0 Å². The van der Waals surface area contributed by atoms with Crippen molar-refractivity contribution in [1.82, 2.24) is 5.32 Å². The molecule has 0 spiro atoms. The van der Waals surface area contributed by atoms with Crippen LogP contribution in [0.2, 0.25) is 0 Å². The van der Waals surface area contributed by atoms with Gasteiger partial charge in [-0.2, -0.15) is 0 Å². The molecule has 1 N–H and O–H groups in total. The molecule has 1 atom stereocenters. The Bertz CT molecular complexity index is 341. The van der Waals surface area contributed by atoms with Crippen LogP contribution < -0.4 is 5.32 Å². The van der Waals surface area contributed by atoms with E-state index in [0.717, 1.165) is 18.9 Å². The van der Waals surface area contributed by atoms with E-state index < -0.39 is 0 Å². The summed E-state index contributed by atoms with van der Waals surface area (Å²) in [5.74, 6) is 1.05. The maximum atomic E-state index is 5.69. The van der Waals surface area contributed by atoms with Gasteiger partial charge in [-0.25, -0.2) is 0 Å². The first-order chi connectivity index (χ1) is 8.61. The minimum absolute atomic E-state index is 0.301. The van der Waals surface area contributed by atoms with Crippen LogP contribution in [0.25, 0.3) is 0 Å². The first kappa shape index (κ1) is 15.5. The molecule has 1 aromatic carbocycles. The van der Waals surface area contributed by atoms with E-state index in [1.165, 1.54) is 10.5 Å². The Morgan fingerprint density at radius 2 is 2.11 bits per heavy atom. The third-order valence-corrected chi connectivity index (χ3v) is 3.72. The fourth-order valence-electron chi connectivity index (χ4n) is 1.67. The monoisotopic (exact) mass is 267 g/mol. The summed E-state index contributed by atoms with van der Waals surface area (Å²) in [6.07, 6.45) is 0.301. The quantitative estimate of drug-likeness (QED) is 0.729. The Morgan fingerprint density at radius 1 is 1.33 bits per heavy atom. The SMILES string of the molecule is CCNC(COC(C)C)CSc1cccc(C)c1. The summed E-state index contributed by atoms with van der Waals surface area (Å²) < 4.78 is 5.69. The van der Waals surface area contributed by atoms with Crippen molar-refractivity contribution in [3.05, 3.63) is 29.8 Å². The molecular weight excluding hydrogens is 242 g/mol. The van der Waals surface area contributed by atoms with Gasteiger partial charge < -0.3 is 10.1 Å². The second kappa shape index (κ2) is 8.57. The molecule has 0 heterocycles. The highest BCUT2D eigenvalue weighted by Crippen LogP contribution is 2.19. The first-order valence-electron chi connectivity index (χ1n) is 6.66. The molecule has 0 aliphatic rings. The van der Waals surface area contributed by atoms with Gasteiger partial charge in [0.05, 0.1) is 12.7 Å². The number of rotatable bonds is 8. The minimum Gasteiger partial charge on any atom is -0.377 e. The second-order valence-electron chi connectivity index (χ2n) is 4.76. The van der Waals surface area contributed by atoms with Crippen LogP contribution in [0, 0.1) is 6.92 Å². The van der Waals surface area contributed by atoms with E-state index in [0.29, 0.717) is 12.1 Å². The van der Waals surface area contributed by atoms with Crippen LogP contribution in [0.3, 0.4) is 0 Å². The van der Waals surface area contributed by atoms with Crippen molar-refractivity contribution in [1.29, 1.82) is 0 Å². The lowest BCUT2D eigenvalue weighted by Gasteiger charge is -2.19. The molecule has 102 valence electrons. The maximum Gasteiger partial charge on any atom is 0.0631 e. The van der Waals surface area contributed by atoms with Crippen molar-refractivity contribution in [2.45, 2.75) is 44.7 Å². The smallest absolute Gasteiger partial charge is 0.0631 e. The molecule has 0 fully saturated rings. The number of nitrogens with one attached hydrogen (secondary N) is 1. The predicted molar refractivity (Wildman–Crippen MR) is 80.5 cm³/mol. The molecule has 0 aliphatic heterocycles. The van der Waals surface area contributed by atoms with Crippen LogP contribution in [-0.4, -0.2) is 31.1 Å². The van der Waals surface area contributed by atoms with Gasteiger partial charge >= 0.3 is 0 Å². The number of aryl methyl sites for hydroxylation is 1. The molecule has 0 amide bonds. The number of hydrogen-bond acceptors (Lipinski definition) is 3.